The number of hydrogen-bond donors (Lipinski definition) is 2. The summed E-state index contributed by atoms with van der Waals surface area (Å²) in [7, 11) is 0. The molecule has 27 heavy (non-hydrogen) atoms. The fourth-order valence-corrected chi connectivity index (χ4v) is 2.93. The molecule has 1 aromatic heterocycles. The van der Waals surface area contributed by atoms with Crippen molar-refractivity contribution in [1.29, 1.82) is 0 Å². The van der Waals surface area contributed by atoms with Gasteiger partial charge in [-0.15, -0.1) is 0 Å². The van der Waals surface area contributed by atoms with Crippen LogP contribution in [0, 0.1) is 0 Å². The number of amides is 2. The molecule has 0 spiro atoms. The number of aromatic nitrogens is 1. The van der Waals surface area contributed by atoms with E-state index >= 15 is 0 Å². The van der Waals surface area contributed by atoms with Crippen molar-refractivity contribution in [3.63, 3.8) is 0 Å². The lowest BCUT2D eigenvalue weighted by Crippen LogP contribution is -2.18. The van der Waals surface area contributed by atoms with Gasteiger partial charge in [0.1, 0.15) is 0 Å². The molecule has 2 aromatic carbocycles. The molecule has 0 saturated carbocycles. The topological polar surface area (TPSA) is 93.3 Å². The molecule has 7 nitrogen and oxygen atoms in total. The Hall–Kier alpha value is -3.06. The number of halogens is 1. The van der Waals surface area contributed by atoms with Crippen LogP contribution in [-0.2, 0) is 16.1 Å². The van der Waals surface area contributed by atoms with Gasteiger partial charge in [-0.25, -0.2) is 4.79 Å². The van der Waals surface area contributed by atoms with Crippen molar-refractivity contribution < 1.29 is 14.0 Å². The second-order valence-electron chi connectivity index (χ2n) is 6.01. The summed E-state index contributed by atoms with van der Waals surface area (Å²) in [5.74, 6) is -0.942. The minimum Gasteiger partial charge on any atom is -0.408 e. The number of nitrogens with one attached hydrogen (secondary N) is 2. The van der Waals surface area contributed by atoms with E-state index in [0.717, 1.165) is 0 Å². The smallest absolute Gasteiger partial charge is 0.408 e. The zero-order valence-electron chi connectivity index (χ0n) is 14.6. The lowest BCUT2D eigenvalue weighted by Gasteiger charge is -2.12. The van der Waals surface area contributed by atoms with Crippen LogP contribution in [0.25, 0.3) is 11.1 Å². The van der Waals surface area contributed by atoms with Crippen LogP contribution in [0.4, 0.5) is 11.4 Å². The van der Waals surface area contributed by atoms with E-state index in [2.05, 4.69) is 10.6 Å². The monoisotopic (exact) mass is 387 g/mol. The van der Waals surface area contributed by atoms with Crippen molar-refractivity contribution in [3.8, 4) is 0 Å². The van der Waals surface area contributed by atoms with Crippen LogP contribution in [0.5, 0.6) is 0 Å². The van der Waals surface area contributed by atoms with Crippen LogP contribution in [0.15, 0.2) is 51.7 Å². The van der Waals surface area contributed by atoms with E-state index < -0.39 is 5.76 Å². The predicted octanol–water partition coefficient (Wildman–Crippen LogP) is 3.63. The zero-order valence-corrected chi connectivity index (χ0v) is 15.4. The number of carbonyl (C=O) groups is 2. The highest BCUT2D eigenvalue weighted by atomic mass is 35.5. The molecule has 2 amide bonds. The van der Waals surface area contributed by atoms with Crippen molar-refractivity contribution in [3.05, 3.63) is 58.0 Å². The zero-order chi connectivity index (χ0) is 19.4. The molecule has 0 bridgehead atoms. The average molecular weight is 388 g/mol. The quantitative estimate of drug-likeness (QED) is 0.675. The minimum absolute atomic E-state index is 0.192. The van der Waals surface area contributed by atoms with E-state index in [-0.39, 0.29) is 18.2 Å². The van der Waals surface area contributed by atoms with Crippen LogP contribution in [0.1, 0.15) is 19.8 Å². The molecular weight excluding hydrogens is 370 g/mol. The van der Waals surface area contributed by atoms with Gasteiger partial charge in [0.05, 0.1) is 16.9 Å². The number of para-hydroxylation sites is 2. The Bertz CT molecular complexity index is 1050. The molecule has 0 aliphatic rings. The molecule has 1 heterocycles. The number of fused-ring (bicyclic) bond motifs is 1. The van der Waals surface area contributed by atoms with Crippen LogP contribution in [-0.4, -0.2) is 16.4 Å². The predicted molar refractivity (Wildman–Crippen MR) is 104 cm³/mol. The largest absolute Gasteiger partial charge is 0.419 e. The van der Waals surface area contributed by atoms with Gasteiger partial charge in [-0.3, -0.25) is 14.2 Å². The molecule has 0 aliphatic heterocycles. The van der Waals surface area contributed by atoms with Gasteiger partial charge in [-0.1, -0.05) is 23.7 Å². The van der Waals surface area contributed by atoms with Gasteiger partial charge in [0, 0.05) is 24.9 Å². The summed E-state index contributed by atoms with van der Waals surface area (Å²) in [6.45, 7) is 1.74. The first-order valence-electron chi connectivity index (χ1n) is 8.39. The van der Waals surface area contributed by atoms with Gasteiger partial charge in [0.25, 0.3) is 0 Å². The molecule has 3 aromatic rings. The number of carbonyl (C=O) groups excluding carboxylic acids is 2. The van der Waals surface area contributed by atoms with Gasteiger partial charge >= 0.3 is 5.76 Å². The standard InChI is InChI=1S/C19H18ClN3O4/c1-12(24)21-14-9-8-13(20)11-15(14)22-18(25)7-4-10-23-16-5-2-3-6-17(16)27-19(23)26/h2-3,5-6,8-9,11H,4,7,10H2,1H3,(H,21,24)(H,22,25). The Morgan fingerprint density at radius 3 is 2.67 bits per heavy atom. The number of hydrogen-bond acceptors (Lipinski definition) is 4. The summed E-state index contributed by atoms with van der Waals surface area (Å²) in [6, 6.07) is 12.0. The Labute approximate surface area is 159 Å². The van der Waals surface area contributed by atoms with Crippen molar-refractivity contribution in [2.75, 3.05) is 10.6 Å². The molecule has 0 atom stereocenters. The van der Waals surface area contributed by atoms with Gasteiger partial charge in [0.15, 0.2) is 5.58 Å². The maximum absolute atomic E-state index is 12.3. The van der Waals surface area contributed by atoms with Gasteiger partial charge in [-0.05, 0) is 36.8 Å². The van der Waals surface area contributed by atoms with Crippen molar-refractivity contribution in [1.82, 2.24) is 4.57 Å². The molecule has 8 heteroatoms. The minimum atomic E-state index is -0.445. The molecule has 0 saturated heterocycles. The number of benzene rings is 2. The summed E-state index contributed by atoms with van der Waals surface area (Å²) >= 11 is 5.97. The molecule has 140 valence electrons. The summed E-state index contributed by atoms with van der Waals surface area (Å²) in [5, 5.41) is 5.82. The number of rotatable bonds is 6. The number of anilines is 2. The Kier molecular flexibility index (Phi) is 5.61. The third-order valence-corrected chi connectivity index (χ3v) is 4.16. The van der Waals surface area contributed by atoms with Crippen LogP contribution in [0.2, 0.25) is 5.02 Å². The van der Waals surface area contributed by atoms with Crippen molar-refractivity contribution in [2.24, 2.45) is 0 Å². The van der Waals surface area contributed by atoms with E-state index in [9.17, 15) is 14.4 Å². The SMILES string of the molecule is CC(=O)Nc1ccc(Cl)cc1NC(=O)CCCn1c(=O)oc2ccccc21. The highest BCUT2D eigenvalue weighted by Gasteiger charge is 2.11. The van der Waals surface area contributed by atoms with Crippen molar-refractivity contribution in [2.45, 2.75) is 26.3 Å². The molecular formula is C19H18ClN3O4. The van der Waals surface area contributed by atoms with E-state index in [1.807, 2.05) is 6.07 Å². The molecule has 2 N–H and O–H groups in total. The van der Waals surface area contributed by atoms with Gasteiger partial charge in [-0.2, -0.15) is 0 Å². The first-order chi connectivity index (χ1) is 12.9. The van der Waals surface area contributed by atoms with E-state index in [0.29, 0.717) is 40.5 Å². The molecule has 0 fully saturated rings. The molecule has 0 radical (unpaired) electrons. The van der Waals surface area contributed by atoms with E-state index in [4.69, 9.17) is 16.0 Å². The van der Waals surface area contributed by atoms with Gasteiger partial charge in [0.2, 0.25) is 11.8 Å². The third kappa shape index (κ3) is 4.57. The first kappa shape index (κ1) is 18.7. The van der Waals surface area contributed by atoms with E-state index in [1.165, 1.54) is 11.5 Å². The number of nitrogens with zero attached hydrogens (tertiary/aromatic N) is 1. The fourth-order valence-electron chi connectivity index (χ4n) is 2.75. The van der Waals surface area contributed by atoms with Crippen molar-refractivity contribution >= 4 is 45.9 Å². The average Bonchev–Trinajstić information content (AvgIpc) is 2.93. The summed E-state index contributed by atoms with van der Waals surface area (Å²) in [5.41, 5.74) is 2.11. The van der Waals surface area contributed by atoms with Crippen LogP contribution >= 0.6 is 11.6 Å². The summed E-state index contributed by atoms with van der Waals surface area (Å²) in [6.07, 6.45) is 0.642. The molecule has 3 rings (SSSR count). The van der Waals surface area contributed by atoms with Crippen LogP contribution < -0.4 is 16.4 Å². The lowest BCUT2D eigenvalue weighted by molar-refractivity contribution is -0.116. The van der Waals surface area contributed by atoms with E-state index in [1.54, 1.807) is 36.4 Å². The molecule has 0 unspecified atom stereocenters. The third-order valence-electron chi connectivity index (χ3n) is 3.93. The maximum Gasteiger partial charge on any atom is 0.419 e. The maximum atomic E-state index is 12.3. The van der Waals surface area contributed by atoms with Gasteiger partial charge < -0.3 is 15.1 Å². The highest BCUT2D eigenvalue weighted by Crippen LogP contribution is 2.26. The Morgan fingerprint density at radius 2 is 1.89 bits per heavy atom. The first-order valence-corrected chi connectivity index (χ1v) is 8.77. The summed E-state index contributed by atoms with van der Waals surface area (Å²) in [4.78, 5) is 35.5. The number of aryl methyl sites for hydroxylation is 1. The Morgan fingerprint density at radius 1 is 1.11 bits per heavy atom. The summed E-state index contributed by atoms with van der Waals surface area (Å²) < 4.78 is 6.67. The number of oxazole rings is 1. The fraction of sp³-hybridized carbons (Fsp3) is 0.211. The normalized spacial score (nSPS) is 10.7. The molecule has 0 aliphatic carbocycles. The second-order valence-corrected chi connectivity index (χ2v) is 6.45. The Balaban J connectivity index is 1.63. The highest BCUT2D eigenvalue weighted by molar-refractivity contribution is 6.31. The second kappa shape index (κ2) is 8.09. The van der Waals surface area contributed by atoms with Crippen LogP contribution in [0.3, 0.4) is 0 Å². The lowest BCUT2D eigenvalue weighted by atomic mass is 10.2.